The van der Waals surface area contributed by atoms with Crippen molar-refractivity contribution in [3.63, 3.8) is 0 Å². The maximum Gasteiger partial charge on any atom is 0.255 e. The van der Waals surface area contributed by atoms with E-state index in [9.17, 15) is 14.0 Å². The minimum Gasteiger partial charge on any atom is -0.491 e. The Bertz CT molecular complexity index is 1200. The molecule has 0 spiro atoms. The first kappa shape index (κ1) is 24.9. The zero-order chi connectivity index (χ0) is 25.2. The van der Waals surface area contributed by atoms with Gasteiger partial charge in [-0.05, 0) is 87.0 Å². The number of amides is 2. The van der Waals surface area contributed by atoms with Crippen molar-refractivity contribution in [2.24, 2.45) is 0 Å². The van der Waals surface area contributed by atoms with Crippen molar-refractivity contribution in [3.8, 4) is 5.75 Å². The van der Waals surface area contributed by atoms with E-state index in [2.05, 4.69) is 0 Å². The third kappa shape index (κ3) is 5.56. The molecule has 7 heteroatoms. The van der Waals surface area contributed by atoms with Gasteiger partial charge in [-0.25, -0.2) is 4.39 Å². The Kier molecular flexibility index (Phi) is 7.26. The number of hydrogen-bond donors (Lipinski definition) is 0. The van der Waals surface area contributed by atoms with Crippen molar-refractivity contribution >= 4 is 23.2 Å². The van der Waals surface area contributed by atoms with Gasteiger partial charge in [-0.3, -0.25) is 9.59 Å². The second-order valence-corrected chi connectivity index (χ2v) is 10.8. The van der Waals surface area contributed by atoms with Crippen molar-refractivity contribution in [2.45, 2.75) is 45.7 Å². The van der Waals surface area contributed by atoms with Gasteiger partial charge in [-0.2, -0.15) is 0 Å². The molecule has 184 valence electrons. The minimum atomic E-state index is -0.543. The molecule has 2 aromatic carbocycles. The molecule has 0 saturated heterocycles. The number of aryl methyl sites for hydroxylation is 1. The number of nitrogens with zero attached hydrogens (tertiary/aromatic N) is 2. The molecular weight excluding hydrogens is 463 g/mol. The zero-order valence-electron chi connectivity index (χ0n) is 20.6. The molecule has 0 fully saturated rings. The monoisotopic (exact) mass is 494 g/mol. The number of hydrogen-bond acceptors (Lipinski definition) is 4. The van der Waals surface area contributed by atoms with Crippen LogP contribution in [0.3, 0.4) is 0 Å². The van der Waals surface area contributed by atoms with Gasteiger partial charge in [0.25, 0.3) is 5.91 Å². The number of rotatable bonds is 6. The lowest BCUT2D eigenvalue weighted by Gasteiger charge is -2.40. The summed E-state index contributed by atoms with van der Waals surface area (Å²) in [4.78, 5) is 31.9. The van der Waals surface area contributed by atoms with E-state index in [1.165, 1.54) is 17.0 Å². The summed E-state index contributed by atoms with van der Waals surface area (Å²) >= 11 is 1.68. The van der Waals surface area contributed by atoms with Crippen LogP contribution in [0, 0.1) is 12.7 Å². The number of carbonyl (C=O) groups excluding carboxylic acids is 2. The predicted molar refractivity (Wildman–Crippen MR) is 136 cm³/mol. The summed E-state index contributed by atoms with van der Waals surface area (Å²) in [6.07, 6.45) is 0.771. The number of benzene rings is 2. The number of thiophene rings is 1. The van der Waals surface area contributed by atoms with Crippen LogP contribution in [-0.4, -0.2) is 46.8 Å². The molecule has 2 heterocycles. The zero-order valence-corrected chi connectivity index (χ0v) is 21.4. The summed E-state index contributed by atoms with van der Waals surface area (Å²) < 4.78 is 19.3. The van der Waals surface area contributed by atoms with Crippen molar-refractivity contribution in [2.75, 3.05) is 19.7 Å². The predicted octanol–water partition coefficient (Wildman–Crippen LogP) is 5.64. The number of ether oxygens (including phenoxy) is 1. The fourth-order valence-electron chi connectivity index (χ4n) is 4.38. The third-order valence-corrected chi connectivity index (χ3v) is 7.36. The molecule has 5 nitrogen and oxygen atoms in total. The van der Waals surface area contributed by atoms with Crippen molar-refractivity contribution < 1.29 is 18.7 Å². The second kappa shape index (κ2) is 10.2. The Labute approximate surface area is 210 Å². The summed E-state index contributed by atoms with van der Waals surface area (Å²) in [5.41, 5.74) is 2.01. The molecule has 0 unspecified atom stereocenters. The number of fused-ring (bicyclic) bond motifs is 1. The lowest BCUT2D eigenvalue weighted by molar-refractivity contribution is -0.136. The molecule has 1 aromatic heterocycles. The highest BCUT2D eigenvalue weighted by molar-refractivity contribution is 7.10. The van der Waals surface area contributed by atoms with Crippen LogP contribution in [0.15, 0.2) is 60.0 Å². The molecule has 0 aliphatic carbocycles. The summed E-state index contributed by atoms with van der Waals surface area (Å²) in [6, 6.07) is 15.1. The SMILES string of the molecule is Cc1ccccc1C(=O)N(CC(=O)N1CCc2sccc2[C@H]1COc1ccc(F)cc1)C(C)(C)C. The third-order valence-electron chi connectivity index (χ3n) is 6.36. The van der Waals surface area contributed by atoms with Crippen LogP contribution in [-0.2, 0) is 11.2 Å². The maximum absolute atomic E-state index is 13.7. The molecule has 1 atom stereocenters. The summed E-state index contributed by atoms with van der Waals surface area (Å²) in [7, 11) is 0. The van der Waals surface area contributed by atoms with Gasteiger partial charge in [0.05, 0.1) is 6.04 Å². The summed E-state index contributed by atoms with van der Waals surface area (Å²) in [5.74, 6) is -0.0533. The molecule has 0 saturated carbocycles. The standard InChI is InChI=1S/C28H31FN2O3S/c1-19-7-5-6-8-22(19)27(33)31(28(2,3)4)17-26(32)30-15-13-25-23(14-16-35-25)24(30)18-34-21-11-9-20(29)10-12-21/h5-12,14,16,24H,13,15,17-18H2,1-4H3/t24-/m1/s1. The van der Waals surface area contributed by atoms with E-state index in [0.717, 1.165) is 17.5 Å². The van der Waals surface area contributed by atoms with Gasteiger partial charge in [0.1, 0.15) is 24.7 Å². The minimum absolute atomic E-state index is 0.0246. The first-order valence-corrected chi connectivity index (χ1v) is 12.6. The quantitative estimate of drug-likeness (QED) is 0.446. The molecule has 2 amide bonds. The van der Waals surface area contributed by atoms with Crippen LogP contribution in [0.25, 0.3) is 0 Å². The van der Waals surface area contributed by atoms with E-state index < -0.39 is 5.54 Å². The second-order valence-electron chi connectivity index (χ2n) is 9.79. The van der Waals surface area contributed by atoms with Crippen LogP contribution >= 0.6 is 11.3 Å². The average Bonchev–Trinajstić information content (AvgIpc) is 3.30. The van der Waals surface area contributed by atoms with Gasteiger partial charge in [0, 0.05) is 22.5 Å². The molecule has 4 rings (SSSR count). The average molecular weight is 495 g/mol. The van der Waals surface area contributed by atoms with Crippen molar-refractivity contribution in [1.82, 2.24) is 9.80 Å². The van der Waals surface area contributed by atoms with Crippen molar-refractivity contribution in [3.05, 3.63) is 87.4 Å². The Morgan fingerprint density at radius 1 is 1.11 bits per heavy atom. The molecule has 35 heavy (non-hydrogen) atoms. The molecule has 3 aromatic rings. The lowest BCUT2D eigenvalue weighted by atomic mass is 9.99. The highest BCUT2D eigenvalue weighted by atomic mass is 32.1. The highest BCUT2D eigenvalue weighted by Crippen LogP contribution is 2.34. The van der Waals surface area contributed by atoms with Gasteiger partial charge in [-0.1, -0.05) is 18.2 Å². The molecule has 0 radical (unpaired) electrons. The summed E-state index contributed by atoms with van der Waals surface area (Å²) in [5, 5.41) is 2.03. The van der Waals surface area contributed by atoms with E-state index in [0.29, 0.717) is 17.9 Å². The van der Waals surface area contributed by atoms with Crippen LogP contribution in [0.1, 0.15) is 53.2 Å². The van der Waals surface area contributed by atoms with Gasteiger partial charge >= 0.3 is 0 Å². The van der Waals surface area contributed by atoms with E-state index in [1.54, 1.807) is 34.4 Å². The molecule has 1 aliphatic rings. The first-order chi connectivity index (χ1) is 16.6. The number of halogens is 1. The Morgan fingerprint density at radius 3 is 2.51 bits per heavy atom. The van der Waals surface area contributed by atoms with Crippen molar-refractivity contribution in [1.29, 1.82) is 0 Å². The maximum atomic E-state index is 13.7. The molecule has 0 N–H and O–H groups in total. The van der Waals surface area contributed by atoms with E-state index in [4.69, 9.17) is 4.74 Å². The van der Waals surface area contributed by atoms with Crippen LogP contribution in [0.5, 0.6) is 5.75 Å². The summed E-state index contributed by atoms with van der Waals surface area (Å²) in [6.45, 7) is 8.52. The molecule has 0 bridgehead atoms. The van der Waals surface area contributed by atoms with Gasteiger partial charge in [0.15, 0.2) is 0 Å². The van der Waals surface area contributed by atoms with Crippen LogP contribution in [0.2, 0.25) is 0 Å². The van der Waals surface area contributed by atoms with Crippen LogP contribution < -0.4 is 4.74 Å². The van der Waals surface area contributed by atoms with Crippen LogP contribution in [0.4, 0.5) is 4.39 Å². The van der Waals surface area contributed by atoms with E-state index in [1.807, 2.05) is 62.2 Å². The fraction of sp³-hybridized carbons (Fsp3) is 0.357. The Hall–Kier alpha value is -3.19. The smallest absolute Gasteiger partial charge is 0.255 e. The van der Waals surface area contributed by atoms with E-state index >= 15 is 0 Å². The van der Waals surface area contributed by atoms with Gasteiger partial charge in [-0.15, -0.1) is 11.3 Å². The Morgan fingerprint density at radius 2 is 1.83 bits per heavy atom. The molecular formula is C28H31FN2O3S. The topological polar surface area (TPSA) is 49.9 Å². The fourth-order valence-corrected chi connectivity index (χ4v) is 5.31. The van der Waals surface area contributed by atoms with E-state index in [-0.39, 0.29) is 36.8 Å². The van der Waals surface area contributed by atoms with Gasteiger partial charge < -0.3 is 14.5 Å². The molecule has 1 aliphatic heterocycles. The number of carbonyl (C=O) groups is 2. The lowest BCUT2D eigenvalue weighted by Crippen LogP contribution is -2.53. The first-order valence-electron chi connectivity index (χ1n) is 11.8. The normalized spacial score (nSPS) is 15.5. The Balaban J connectivity index is 1.57. The largest absolute Gasteiger partial charge is 0.491 e. The van der Waals surface area contributed by atoms with Gasteiger partial charge in [0.2, 0.25) is 5.91 Å². The highest BCUT2D eigenvalue weighted by Gasteiger charge is 2.36.